The quantitative estimate of drug-likeness (QED) is 0.121. The van der Waals surface area contributed by atoms with Crippen LogP contribution in [0.5, 0.6) is 0 Å². The molecule has 1 aliphatic heterocycles. The summed E-state index contributed by atoms with van der Waals surface area (Å²) in [5, 5.41) is 15.2. The van der Waals surface area contributed by atoms with Crippen LogP contribution in [-0.4, -0.2) is 19.6 Å². The van der Waals surface area contributed by atoms with E-state index in [0.29, 0.717) is 5.11 Å². The van der Waals surface area contributed by atoms with Crippen molar-refractivity contribution in [1.82, 2.24) is 14.9 Å². The molecule has 1 aliphatic rings. The summed E-state index contributed by atoms with van der Waals surface area (Å²) >= 11 is 7.50. The maximum Gasteiger partial charge on any atom is 0.269 e. The van der Waals surface area contributed by atoms with E-state index in [1.54, 1.807) is 23.9 Å². The summed E-state index contributed by atoms with van der Waals surface area (Å²) in [7, 11) is 0. The molecular formula is C32H27N5O2S2. The van der Waals surface area contributed by atoms with Crippen molar-refractivity contribution < 1.29 is 4.92 Å². The minimum Gasteiger partial charge on any atom is -0.351 e. The Kier molecular flexibility index (Phi) is 7.30. The van der Waals surface area contributed by atoms with Crippen LogP contribution in [0.3, 0.4) is 0 Å². The van der Waals surface area contributed by atoms with E-state index in [2.05, 4.69) is 83.2 Å². The van der Waals surface area contributed by atoms with Gasteiger partial charge in [0.25, 0.3) is 5.69 Å². The van der Waals surface area contributed by atoms with Crippen LogP contribution in [0.25, 0.3) is 5.69 Å². The molecular weight excluding hydrogens is 551 g/mol. The number of nitro benzene ring substituents is 1. The minimum absolute atomic E-state index is 0.0832. The van der Waals surface area contributed by atoms with Crippen LogP contribution in [0.4, 0.5) is 11.4 Å². The maximum absolute atomic E-state index is 11.0. The lowest BCUT2D eigenvalue weighted by Crippen LogP contribution is -2.29. The summed E-state index contributed by atoms with van der Waals surface area (Å²) < 4.78 is 2.29. The Hall–Kier alpha value is -4.47. The smallest absolute Gasteiger partial charge is 0.269 e. The summed E-state index contributed by atoms with van der Waals surface area (Å²) in [5.41, 5.74) is 6.59. The predicted molar refractivity (Wildman–Crippen MR) is 167 cm³/mol. The monoisotopic (exact) mass is 577 g/mol. The number of nitrogens with zero attached hydrogens (tertiary/aromatic N) is 4. The number of pyridine rings is 1. The zero-order valence-electron chi connectivity index (χ0n) is 22.5. The molecule has 0 aliphatic carbocycles. The number of thiocarbonyl (C=S) groups is 1. The Balaban J connectivity index is 1.37. The molecule has 204 valence electrons. The fourth-order valence-electron chi connectivity index (χ4n) is 5.46. The van der Waals surface area contributed by atoms with Crippen LogP contribution in [0.2, 0.25) is 0 Å². The molecule has 1 saturated heterocycles. The summed E-state index contributed by atoms with van der Waals surface area (Å²) in [4.78, 5) is 19.4. The molecule has 0 bridgehead atoms. The second-order valence-electron chi connectivity index (χ2n) is 9.84. The van der Waals surface area contributed by atoms with E-state index >= 15 is 0 Å². The number of para-hydroxylation sites is 1. The molecule has 2 aromatic heterocycles. The molecule has 1 N–H and O–H groups in total. The molecule has 6 rings (SSSR count). The van der Waals surface area contributed by atoms with Gasteiger partial charge in [-0.05, 0) is 98.4 Å². The number of benzene rings is 3. The zero-order valence-corrected chi connectivity index (χ0v) is 24.1. The Labute approximate surface area is 248 Å². The van der Waals surface area contributed by atoms with Gasteiger partial charge in [-0.25, -0.2) is 0 Å². The number of rotatable bonds is 7. The van der Waals surface area contributed by atoms with Crippen LogP contribution < -0.4 is 10.2 Å². The van der Waals surface area contributed by atoms with E-state index in [0.717, 1.165) is 38.2 Å². The molecule has 1 fully saturated rings. The first-order valence-electron chi connectivity index (χ1n) is 13.2. The number of nitrogens with one attached hydrogen (secondary N) is 1. The lowest BCUT2D eigenvalue weighted by molar-refractivity contribution is -0.384. The molecule has 0 amide bonds. The number of aryl methyl sites for hydroxylation is 1. The van der Waals surface area contributed by atoms with Crippen LogP contribution in [-0.2, 0) is 0 Å². The topological polar surface area (TPSA) is 76.2 Å². The molecule has 7 nitrogen and oxygen atoms in total. The zero-order chi connectivity index (χ0) is 28.5. The Morgan fingerprint density at radius 2 is 1.54 bits per heavy atom. The molecule has 9 heteroatoms. The van der Waals surface area contributed by atoms with Gasteiger partial charge < -0.3 is 14.8 Å². The van der Waals surface area contributed by atoms with Gasteiger partial charge in [-0.15, -0.1) is 0 Å². The third kappa shape index (κ3) is 5.21. The molecule has 0 unspecified atom stereocenters. The highest BCUT2D eigenvalue weighted by Crippen LogP contribution is 2.44. The van der Waals surface area contributed by atoms with E-state index in [-0.39, 0.29) is 22.7 Å². The average Bonchev–Trinajstić information content (AvgIpc) is 3.49. The lowest BCUT2D eigenvalue weighted by atomic mass is 9.96. The highest BCUT2D eigenvalue weighted by Gasteiger charge is 2.42. The second kappa shape index (κ2) is 11.2. The van der Waals surface area contributed by atoms with Gasteiger partial charge in [0, 0.05) is 50.9 Å². The Morgan fingerprint density at radius 1 is 0.878 bits per heavy atom. The number of non-ortho nitro benzene ring substituents is 1. The van der Waals surface area contributed by atoms with Gasteiger partial charge in [0.1, 0.15) is 0 Å². The third-order valence-electron chi connectivity index (χ3n) is 7.30. The van der Waals surface area contributed by atoms with Gasteiger partial charge in [0.15, 0.2) is 5.11 Å². The highest BCUT2D eigenvalue weighted by atomic mass is 32.2. The normalized spacial score (nSPS) is 16.5. The van der Waals surface area contributed by atoms with Crippen molar-refractivity contribution in [3.63, 3.8) is 0 Å². The maximum atomic E-state index is 11.0. The van der Waals surface area contributed by atoms with Gasteiger partial charge >= 0.3 is 0 Å². The number of hydrogen-bond acceptors (Lipinski definition) is 5. The standard InChI is InChI=1S/C32H27N5O2S2/c1-21-20-28(22(2)35(21)23-8-4-3-5-9-23)31-30(29-10-6-7-19-33-29)34-32(40)36(31)24-11-15-26(16-12-24)41-27-17-13-25(14-18-27)37(38)39/h3-20,30-31H,1-2H3,(H,34,40)/t30-,31+/m1/s1. The van der Waals surface area contributed by atoms with Crippen molar-refractivity contribution in [2.24, 2.45) is 0 Å². The highest BCUT2D eigenvalue weighted by molar-refractivity contribution is 7.99. The van der Waals surface area contributed by atoms with Gasteiger partial charge in [-0.1, -0.05) is 36.0 Å². The van der Waals surface area contributed by atoms with Crippen LogP contribution in [0.15, 0.2) is 119 Å². The summed E-state index contributed by atoms with van der Waals surface area (Å²) in [6, 6.07) is 33.2. The second-order valence-corrected chi connectivity index (χ2v) is 11.4. The third-order valence-corrected chi connectivity index (χ3v) is 8.63. The van der Waals surface area contributed by atoms with Crippen molar-refractivity contribution in [2.75, 3.05) is 4.90 Å². The molecule has 3 heterocycles. The van der Waals surface area contributed by atoms with Crippen molar-refractivity contribution in [3.05, 3.63) is 142 Å². The molecule has 41 heavy (non-hydrogen) atoms. The SMILES string of the molecule is Cc1cc([C@H]2[C@@H](c3ccccn3)NC(=S)N2c2ccc(Sc3ccc([N+](=O)[O-])cc3)cc2)c(C)n1-c1ccccc1. The lowest BCUT2D eigenvalue weighted by Gasteiger charge is -2.28. The van der Waals surface area contributed by atoms with Crippen molar-refractivity contribution in [2.45, 2.75) is 35.7 Å². The van der Waals surface area contributed by atoms with Crippen molar-refractivity contribution in [3.8, 4) is 5.69 Å². The Morgan fingerprint density at radius 3 is 2.17 bits per heavy atom. The predicted octanol–water partition coefficient (Wildman–Crippen LogP) is 7.73. The summed E-state index contributed by atoms with van der Waals surface area (Å²) in [5.74, 6) is 0. The van der Waals surface area contributed by atoms with Gasteiger partial charge in [0.05, 0.1) is 22.7 Å². The molecule has 0 spiro atoms. The van der Waals surface area contributed by atoms with Gasteiger partial charge in [-0.3, -0.25) is 15.1 Å². The summed E-state index contributed by atoms with van der Waals surface area (Å²) in [6.45, 7) is 4.29. The number of hydrogen-bond donors (Lipinski definition) is 1. The average molecular weight is 578 g/mol. The molecule has 2 atom stereocenters. The first kappa shape index (κ1) is 26.7. The number of aromatic nitrogens is 2. The number of anilines is 1. The molecule has 0 radical (unpaired) electrons. The Bertz CT molecular complexity index is 1710. The molecule has 5 aromatic rings. The van der Waals surface area contributed by atoms with Crippen LogP contribution in [0, 0.1) is 24.0 Å². The fraction of sp³-hybridized carbons (Fsp3) is 0.125. The molecule has 3 aromatic carbocycles. The first-order chi connectivity index (χ1) is 19.9. The van der Waals surface area contributed by atoms with Crippen LogP contribution >= 0.6 is 24.0 Å². The number of nitro groups is 1. The van der Waals surface area contributed by atoms with E-state index in [9.17, 15) is 10.1 Å². The van der Waals surface area contributed by atoms with Gasteiger partial charge in [0.2, 0.25) is 0 Å². The fourth-order valence-corrected chi connectivity index (χ4v) is 6.62. The van der Waals surface area contributed by atoms with E-state index in [1.165, 1.54) is 17.7 Å². The first-order valence-corrected chi connectivity index (χ1v) is 14.4. The summed E-state index contributed by atoms with van der Waals surface area (Å²) in [6.07, 6.45) is 1.82. The van der Waals surface area contributed by atoms with Crippen molar-refractivity contribution >= 4 is 40.5 Å². The van der Waals surface area contributed by atoms with E-state index in [4.69, 9.17) is 17.2 Å². The minimum atomic E-state index is -0.387. The van der Waals surface area contributed by atoms with E-state index < -0.39 is 0 Å². The van der Waals surface area contributed by atoms with E-state index in [1.807, 2.05) is 30.5 Å². The largest absolute Gasteiger partial charge is 0.351 e. The van der Waals surface area contributed by atoms with Crippen molar-refractivity contribution in [1.29, 1.82) is 0 Å². The van der Waals surface area contributed by atoms with Crippen LogP contribution in [0.1, 0.15) is 34.7 Å². The molecule has 0 saturated carbocycles. The van der Waals surface area contributed by atoms with Gasteiger partial charge in [-0.2, -0.15) is 0 Å².